The highest BCUT2D eigenvalue weighted by atomic mass is 32.2. The summed E-state index contributed by atoms with van der Waals surface area (Å²) >= 11 is 1.62. The minimum absolute atomic E-state index is 0.136. The van der Waals surface area contributed by atoms with Crippen molar-refractivity contribution in [2.45, 2.75) is 25.3 Å². The summed E-state index contributed by atoms with van der Waals surface area (Å²) in [5, 5.41) is 13.0. The fraction of sp³-hybridized carbons (Fsp3) is 1.00. The molecule has 1 atom stereocenters. The predicted octanol–water partition coefficient (Wildman–Crippen LogP) is 0.515. The van der Waals surface area contributed by atoms with Gasteiger partial charge in [0.25, 0.3) is 0 Å². The Kier molecular flexibility index (Phi) is 5.76. The first-order valence-corrected chi connectivity index (χ1v) is 9.26. The van der Waals surface area contributed by atoms with Gasteiger partial charge in [0.2, 0.25) is 0 Å². The number of hydrogen-bond acceptors (Lipinski definition) is 5. The maximum absolute atomic E-state index is 11.0. The van der Waals surface area contributed by atoms with Gasteiger partial charge in [-0.1, -0.05) is 6.92 Å². The molecule has 17 heavy (non-hydrogen) atoms. The molecule has 102 valence electrons. The highest BCUT2D eigenvalue weighted by molar-refractivity contribution is 8.00. The van der Waals surface area contributed by atoms with Crippen LogP contribution in [0.3, 0.4) is 0 Å². The Balaban J connectivity index is 2.39. The number of hydrogen-bond donors (Lipinski definition) is 2. The number of thioether (sulfide) groups is 1. The lowest BCUT2D eigenvalue weighted by atomic mass is 9.97. The van der Waals surface area contributed by atoms with Gasteiger partial charge in [0, 0.05) is 17.8 Å². The molecule has 0 aliphatic heterocycles. The van der Waals surface area contributed by atoms with E-state index < -0.39 is 9.84 Å². The van der Waals surface area contributed by atoms with Gasteiger partial charge >= 0.3 is 0 Å². The summed E-state index contributed by atoms with van der Waals surface area (Å²) in [6, 6.07) is 0. The highest BCUT2D eigenvalue weighted by Gasteiger charge is 2.43. The summed E-state index contributed by atoms with van der Waals surface area (Å²) in [7, 11) is -2.87. The Bertz CT molecular complexity index is 328. The molecule has 0 aromatic carbocycles. The van der Waals surface area contributed by atoms with Crippen molar-refractivity contribution in [3.8, 4) is 0 Å². The molecule has 1 aliphatic rings. The van der Waals surface area contributed by atoms with E-state index in [1.54, 1.807) is 11.8 Å². The third-order valence-electron chi connectivity index (χ3n) is 3.13. The number of aliphatic hydroxyl groups excluding tert-OH is 1. The molecule has 1 unspecified atom stereocenters. The van der Waals surface area contributed by atoms with E-state index in [-0.39, 0.29) is 17.9 Å². The van der Waals surface area contributed by atoms with Crippen LogP contribution in [0, 0.1) is 5.92 Å². The maximum Gasteiger partial charge on any atom is 0.148 e. The van der Waals surface area contributed by atoms with Gasteiger partial charge in [-0.05, 0) is 25.3 Å². The maximum atomic E-state index is 11.0. The third kappa shape index (κ3) is 5.16. The fourth-order valence-electron chi connectivity index (χ4n) is 2.00. The Morgan fingerprint density at radius 2 is 2.12 bits per heavy atom. The molecule has 0 aromatic heterocycles. The third-order valence-corrected chi connectivity index (χ3v) is 5.54. The van der Waals surface area contributed by atoms with Gasteiger partial charge in [-0.2, -0.15) is 11.8 Å². The van der Waals surface area contributed by atoms with Crippen LogP contribution in [-0.4, -0.2) is 55.7 Å². The molecule has 0 heterocycles. The largest absolute Gasteiger partial charge is 0.394 e. The zero-order chi connectivity index (χ0) is 12.9. The van der Waals surface area contributed by atoms with Gasteiger partial charge in [-0.15, -0.1) is 0 Å². The lowest BCUT2D eigenvalue weighted by Crippen LogP contribution is -2.52. The minimum Gasteiger partial charge on any atom is -0.394 e. The van der Waals surface area contributed by atoms with Crippen LogP contribution in [0.1, 0.15) is 19.8 Å². The molecular weight excluding hydrogens is 258 g/mol. The normalized spacial score (nSPS) is 20.2. The van der Waals surface area contributed by atoms with E-state index in [2.05, 4.69) is 5.32 Å². The van der Waals surface area contributed by atoms with Crippen LogP contribution in [0.25, 0.3) is 0 Å². The predicted molar refractivity (Wildman–Crippen MR) is 73.3 cm³/mol. The molecular formula is C11H23NO3S2. The second-order valence-electron chi connectivity index (χ2n) is 4.80. The van der Waals surface area contributed by atoms with E-state index in [9.17, 15) is 13.5 Å². The van der Waals surface area contributed by atoms with E-state index in [1.807, 2.05) is 6.92 Å². The fourth-order valence-corrected chi connectivity index (χ4v) is 4.62. The van der Waals surface area contributed by atoms with Crippen molar-refractivity contribution in [2.24, 2.45) is 5.92 Å². The Hall–Kier alpha value is 0.220. The van der Waals surface area contributed by atoms with Gasteiger partial charge < -0.3 is 10.4 Å². The van der Waals surface area contributed by atoms with Crippen molar-refractivity contribution >= 4 is 21.6 Å². The number of rotatable bonds is 9. The van der Waals surface area contributed by atoms with Gasteiger partial charge in [0.1, 0.15) is 9.84 Å². The molecule has 1 fully saturated rings. The Labute approximate surface area is 108 Å². The molecule has 0 bridgehead atoms. The minimum atomic E-state index is -2.87. The molecule has 0 saturated heterocycles. The van der Waals surface area contributed by atoms with Crippen LogP contribution in [0.4, 0.5) is 0 Å². The van der Waals surface area contributed by atoms with E-state index >= 15 is 0 Å². The van der Waals surface area contributed by atoms with Crippen LogP contribution in [-0.2, 0) is 9.84 Å². The number of aliphatic hydroxyl groups is 1. The van der Waals surface area contributed by atoms with Gasteiger partial charge in [0.05, 0.1) is 17.9 Å². The number of sulfone groups is 1. The topological polar surface area (TPSA) is 66.4 Å². The second-order valence-corrected chi connectivity index (χ2v) is 8.17. The molecule has 2 N–H and O–H groups in total. The van der Waals surface area contributed by atoms with Crippen LogP contribution < -0.4 is 5.32 Å². The van der Waals surface area contributed by atoms with Gasteiger partial charge in [-0.3, -0.25) is 0 Å². The van der Waals surface area contributed by atoms with Crippen molar-refractivity contribution in [2.75, 3.05) is 36.7 Å². The summed E-state index contributed by atoms with van der Waals surface area (Å²) in [6.45, 7) is 3.01. The van der Waals surface area contributed by atoms with Crippen LogP contribution in [0.15, 0.2) is 0 Å². The molecule has 1 rings (SSSR count). The van der Waals surface area contributed by atoms with E-state index in [1.165, 1.54) is 19.1 Å². The van der Waals surface area contributed by atoms with E-state index in [0.29, 0.717) is 11.7 Å². The molecule has 0 aromatic rings. The second kappa shape index (κ2) is 6.41. The summed E-state index contributed by atoms with van der Waals surface area (Å²) in [6.07, 6.45) is 3.60. The zero-order valence-electron chi connectivity index (χ0n) is 10.6. The van der Waals surface area contributed by atoms with Crippen LogP contribution >= 0.6 is 11.8 Å². The van der Waals surface area contributed by atoms with Gasteiger partial charge in [0.15, 0.2) is 0 Å². The highest BCUT2D eigenvalue weighted by Crippen LogP contribution is 2.41. The lowest BCUT2D eigenvalue weighted by molar-refractivity contribution is 0.161. The summed E-state index contributed by atoms with van der Waals surface area (Å²) in [4.78, 5) is 0. The van der Waals surface area contributed by atoms with Crippen LogP contribution in [0.2, 0.25) is 0 Å². The molecule has 0 spiro atoms. The summed E-state index contributed by atoms with van der Waals surface area (Å²) < 4.78 is 22.0. The van der Waals surface area contributed by atoms with E-state index in [4.69, 9.17) is 0 Å². The van der Waals surface area contributed by atoms with E-state index in [0.717, 1.165) is 12.3 Å². The quantitative estimate of drug-likeness (QED) is 0.603. The van der Waals surface area contributed by atoms with Crippen molar-refractivity contribution in [3.63, 3.8) is 0 Å². The first-order valence-electron chi connectivity index (χ1n) is 6.05. The summed E-state index contributed by atoms with van der Waals surface area (Å²) in [5.41, 5.74) is -0.197. The average molecular weight is 281 g/mol. The van der Waals surface area contributed by atoms with Crippen molar-refractivity contribution < 1.29 is 13.5 Å². The Morgan fingerprint density at radius 1 is 1.47 bits per heavy atom. The number of likely N-dealkylation sites (N-methyl/N-ethyl adjacent to an activating group) is 1. The molecule has 6 heteroatoms. The van der Waals surface area contributed by atoms with Crippen LogP contribution in [0.5, 0.6) is 0 Å². The molecule has 4 nitrogen and oxygen atoms in total. The first-order chi connectivity index (χ1) is 7.93. The molecule has 1 aliphatic carbocycles. The van der Waals surface area contributed by atoms with Crippen molar-refractivity contribution in [3.05, 3.63) is 0 Å². The smallest absolute Gasteiger partial charge is 0.148 e. The molecule has 1 saturated carbocycles. The zero-order valence-corrected chi connectivity index (χ0v) is 12.2. The lowest BCUT2D eigenvalue weighted by Gasteiger charge is -2.33. The molecule has 0 radical (unpaired) electrons. The average Bonchev–Trinajstić information content (AvgIpc) is 3.05. The van der Waals surface area contributed by atoms with Crippen molar-refractivity contribution in [1.29, 1.82) is 0 Å². The standard InChI is InChI=1S/C11H23NO3S2/c1-3-12-11(8-13,10-4-5-10)9-16-6-7-17(2,14)15/h10,12-13H,3-9H2,1-2H3. The van der Waals surface area contributed by atoms with Crippen molar-refractivity contribution in [1.82, 2.24) is 5.32 Å². The number of nitrogens with one attached hydrogen (secondary N) is 1. The van der Waals surface area contributed by atoms with Gasteiger partial charge in [-0.25, -0.2) is 8.42 Å². The molecule has 0 amide bonds. The Morgan fingerprint density at radius 3 is 2.53 bits per heavy atom. The first kappa shape index (κ1) is 15.3. The summed E-state index contributed by atoms with van der Waals surface area (Å²) in [5.74, 6) is 2.17. The monoisotopic (exact) mass is 281 g/mol. The SMILES string of the molecule is CCNC(CO)(CSCCS(C)(=O)=O)C1CC1.